The number of ether oxygens (including phenoxy) is 1. The Labute approximate surface area is 74.0 Å². The highest BCUT2D eigenvalue weighted by Crippen LogP contribution is 2.15. The Morgan fingerprint density at radius 1 is 1.55 bits per heavy atom. The summed E-state index contributed by atoms with van der Waals surface area (Å²) < 4.78 is 6.08. The molecular weight excluding hydrogens is 206 g/mol. The molecule has 0 unspecified atom stereocenters. The normalized spacial score (nSPS) is 10.4. The lowest BCUT2D eigenvalue weighted by Crippen LogP contribution is -1.82. The van der Waals surface area contributed by atoms with Gasteiger partial charge < -0.3 is 4.74 Å². The minimum absolute atomic E-state index is 0.734. The average molecular weight is 214 g/mol. The Balaban J connectivity index is 2.71. The first-order valence-corrected chi connectivity index (χ1v) is 4.00. The van der Waals surface area contributed by atoms with Crippen LogP contribution in [0.25, 0.3) is 0 Å². The molecule has 0 aliphatic carbocycles. The lowest BCUT2D eigenvalue weighted by atomic mass is 10.5. The zero-order valence-electron chi connectivity index (χ0n) is 6.12. The summed E-state index contributed by atoms with van der Waals surface area (Å²) in [7, 11) is 0. The van der Waals surface area contributed by atoms with Crippen molar-refractivity contribution >= 4 is 15.9 Å². The van der Waals surface area contributed by atoms with E-state index in [-0.39, 0.29) is 0 Å². The number of nitrogens with zero attached hydrogens (tertiary/aromatic N) is 1. The smallest absolute Gasteiger partial charge is 0.145 e. The van der Waals surface area contributed by atoms with E-state index in [4.69, 9.17) is 4.74 Å². The lowest BCUT2D eigenvalue weighted by Gasteiger charge is -1.97. The van der Waals surface area contributed by atoms with Gasteiger partial charge in [0.05, 0.1) is 12.5 Å². The maximum atomic E-state index is 5.16. The number of hydrogen-bond acceptors (Lipinski definition) is 2. The summed E-state index contributed by atoms with van der Waals surface area (Å²) >= 11 is 3.29. The zero-order valence-corrected chi connectivity index (χ0v) is 7.71. The SMILES string of the molecule is C/C=C\Oc1cncc(Br)c1. The van der Waals surface area contributed by atoms with Crippen LogP contribution >= 0.6 is 15.9 Å². The quantitative estimate of drug-likeness (QED) is 0.706. The van der Waals surface area contributed by atoms with E-state index in [9.17, 15) is 0 Å². The number of halogens is 1. The van der Waals surface area contributed by atoms with Crippen LogP contribution in [-0.2, 0) is 0 Å². The van der Waals surface area contributed by atoms with Crippen LogP contribution in [0.4, 0.5) is 0 Å². The van der Waals surface area contributed by atoms with Crippen molar-refractivity contribution in [1.29, 1.82) is 0 Å². The van der Waals surface area contributed by atoms with E-state index in [2.05, 4.69) is 20.9 Å². The topological polar surface area (TPSA) is 22.1 Å². The van der Waals surface area contributed by atoms with Crippen LogP contribution < -0.4 is 4.74 Å². The maximum absolute atomic E-state index is 5.16. The van der Waals surface area contributed by atoms with Crippen molar-refractivity contribution < 1.29 is 4.74 Å². The highest BCUT2D eigenvalue weighted by Gasteiger charge is 1.91. The van der Waals surface area contributed by atoms with E-state index in [1.165, 1.54) is 0 Å². The second-order valence-corrected chi connectivity index (χ2v) is 2.84. The predicted molar refractivity (Wildman–Crippen MR) is 47.4 cm³/mol. The lowest BCUT2D eigenvalue weighted by molar-refractivity contribution is 0.477. The zero-order chi connectivity index (χ0) is 8.10. The van der Waals surface area contributed by atoms with Gasteiger partial charge in [-0.25, -0.2) is 0 Å². The first-order valence-electron chi connectivity index (χ1n) is 3.21. The molecule has 1 aromatic rings. The van der Waals surface area contributed by atoms with Crippen LogP contribution in [0.1, 0.15) is 6.92 Å². The van der Waals surface area contributed by atoms with Crippen molar-refractivity contribution in [2.45, 2.75) is 6.92 Å². The van der Waals surface area contributed by atoms with Gasteiger partial charge in [-0.1, -0.05) is 6.08 Å². The van der Waals surface area contributed by atoms with Gasteiger partial charge in [0.1, 0.15) is 5.75 Å². The van der Waals surface area contributed by atoms with Crippen molar-refractivity contribution in [2.24, 2.45) is 0 Å². The van der Waals surface area contributed by atoms with Crippen molar-refractivity contribution in [3.8, 4) is 5.75 Å². The molecule has 0 saturated carbocycles. The molecule has 0 aromatic carbocycles. The summed E-state index contributed by atoms with van der Waals surface area (Å²) in [5.41, 5.74) is 0. The third kappa shape index (κ3) is 2.72. The van der Waals surface area contributed by atoms with Gasteiger partial charge in [0.25, 0.3) is 0 Å². The van der Waals surface area contributed by atoms with Crippen LogP contribution in [0.15, 0.2) is 35.3 Å². The van der Waals surface area contributed by atoms with E-state index in [1.54, 1.807) is 18.7 Å². The fourth-order valence-corrected chi connectivity index (χ4v) is 0.947. The molecule has 0 spiro atoms. The van der Waals surface area contributed by atoms with E-state index < -0.39 is 0 Å². The van der Waals surface area contributed by atoms with Gasteiger partial charge >= 0.3 is 0 Å². The minimum atomic E-state index is 0.734. The molecule has 11 heavy (non-hydrogen) atoms. The number of hydrogen-bond donors (Lipinski definition) is 0. The molecular formula is C8H8BrNO. The van der Waals surface area contributed by atoms with Gasteiger partial charge in [0, 0.05) is 10.7 Å². The van der Waals surface area contributed by atoms with E-state index in [0.717, 1.165) is 10.2 Å². The molecule has 3 heteroatoms. The fourth-order valence-electron chi connectivity index (χ4n) is 0.603. The van der Waals surface area contributed by atoms with Crippen LogP contribution in [0.3, 0.4) is 0 Å². The molecule has 0 bridgehead atoms. The van der Waals surface area contributed by atoms with Crippen LogP contribution in [0.2, 0.25) is 0 Å². The molecule has 0 aliphatic heterocycles. The van der Waals surface area contributed by atoms with Crippen molar-refractivity contribution in [1.82, 2.24) is 4.98 Å². The molecule has 58 valence electrons. The van der Waals surface area contributed by atoms with Gasteiger partial charge in [-0.05, 0) is 28.9 Å². The first kappa shape index (κ1) is 8.27. The van der Waals surface area contributed by atoms with Gasteiger partial charge in [0.15, 0.2) is 0 Å². The Bertz CT molecular complexity index is 260. The van der Waals surface area contributed by atoms with Crippen LogP contribution in [0.5, 0.6) is 5.75 Å². The molecule has 1 aromatic heterocycles. The largest absolute Gasteiger partial charge is 0.464 e. The number of pyridine rings is 1. The summed E-state index contributed by atoms with van der Waals surface area (Å²) in [6, 6.07) is 1.85. The highest BCUT2D eigenvalue weighted by atomic mass is 79.9. The molecule has 1 rings (SSSR count). The van der Waals surface area contributed by atoms with Crippen molar-refractivity contribution in [2.75, 3.05) is 0 Å². The molecule has 0 saturated heterocycles. The monoisotopic (exact) mass is 213 g/mol. The Hall–Kier alpha value is -0.830. The molecule has 2 nitrogen and oxygen atoms in total. The Morgan fingerprint density at radius 2 is 2.36 bits per heavy atom. The standard InChI is InChI=1S/C8H8BrNO/c1-2-3-11-8-4-7(9)5-10-6-8/h2-6H,1H3/b3-2-. The number of allylic oxidation sites excluding steroid dienone is 1. The molecule has 0 aliphatic rings. The summed E-state index contributed by atoms with van der Waals surface area (Å²) in [5, 5.41) is 0. The van der Waals surface area contributed by atoms with E-state index in [1.807, 2.05) is 19.1 Å². The second kappa shape index (κ2) is 4.13. The van der Waals surface area contributed by atoms with Gasteiger partial charge in [-0.15, -0.1) is 0 Å². The first-order chi connectivity index (χ1) is 5.33. The Kier molecular flexibility index (Phi) is 3.11. The van der Waals surface area contributed by atoms with Gasteiger partial charge in [-0.2, -0.15) is 0 Å². The predicted octanol–water partition coefficient (Wildman–Crippen LogP) is 2.76. The molecule has 0 radical (unpaired) electrons. The van der Waals surface area contributed by atoms with E-state index in [0.29, 0.717) is 0 Å². The molecule has 1 heterocycles. The number of rotatable bonds is 2. The molecule has 0 N–H and O–H groups in total. The summed E-state index contributed by atoms with van der Waals surface area (Å²) in [6.45, 7) is 1.89. The maximum Gasteiger partial charge on any atom is 0.145 e. The summed E-state index contributed by atoms with van der Waals surface area (Å²) in [5.74, 6) is 0.734. The van der Waals surface area contributed by atoms with Crippen molar-refractivity contribution in [3.05, 3.63) is 35.3 Å². The Morgan fingerprint density at radius 3 is 3.00 bits per heavy atom. The summed E-state index contributed by atoms with van der Waals surface area (Å²) in [6.07, 6.45) is 6.80. The minimum Gasteiger partial charge on any atom is -0.464 e. The van der Waals surface area contributed by atoms with E-state index >= 15 is 0 Å². The van der Waals surface area contributed by atoms with Gasteiger partial charge in [0.2, 0.25) is 0 Å². The summed E-state index contributed by atoms with van der Waals surface area (Å²) in [4.78, 5) is 3.93. The molecule has 0 amide bonds. The van der Waals surface area contributed by atoms with Crippen LogP contribution in [0, 0.1) is 0 Å². The second-order valence-electron chi connectivity index (χ2n) is 1.93. The van der Waals surface area contributed by atoms with Crippen LogP contribution in [-0.4, -0.2) is 4.98 Å². The number of aromatic nitrogens is 1. The fraction of sp³-hybridized carbons (Fsp3) is 0.125. The third-order valence-electron chi connectivity index (χ3n) is 1.02. The van der Waals surface area contributed by atoms with Gasteiger partial charge in [-0.3, -0.25) is 4.98 Å². The molecule has 0 atom stereocenters. The van der Waals surface area contributed by atoms with Crippen molar-refractivity contribution in [3.63, 3.8) is 0 Å². The highest BCUT2D eigenvalue weighted by molar-refractivity contribution is 9.10. The third-order valence-corrected chi connectivity index (χ3v) is 1.45. The average Bonchev–Trinajstić information content (AvgIpc) is 2.01. The molecule has 0 fully saturated rings.